The van der Waals surface area contributed by atoms with Gasteiger partial charge in [-0.15, -0.1) is 0 Å². The summed E-state index contributed by atoms with van der Waals surface area (Å²) in [7, 11) is -4.10. The van der Waals surface area contributed by atoms with Crippen molar-refractivity contribution in [3.8, 4) is 0 Å². The molecule has 0 bridgehead atoms. The van der Waals surface area contributed by atoms with Crippen LogP contribution in [0.15, 0.2) is 94.2 Å². The third-order valence-corrected chi connectivity index (χ3v) is 9.05. The van der Waals surface area contributed by atoms with Gasteiger partial charge in [0.1, 0.15) is 5.52 Å². The van der Waals surface area contributed by atoms with E-state index >= 15 is 0 Å². The van der Waals surface area contributed by atoms with E-state index in [2.05, 4.69) is 15.6 Å². The fourth-order valence-electron chi connectivity index (χ4n) is 5.18. The number of nitrogens with one attached hydrogen (secondary N) is 2. The molecule has 1 amide bonds. The second kappa shape index (κ2) is 10.2. The van der Waals surface area contributed by atoms with Gasteiger partial charge in [-0.3, -0.25) is 4.79 Å². The molecule has 1 aromatic heterocycles. The van der Waals surface area contributed by atoms with Gasteiger partial charge in [-0.25, -0.2) is 12.7 Å². The van der Waals surface area contributed by atoms with Gasteiger partial charge >= 0.3 is 6.01 Å². The minimum Gasteiger partial charge on any atom is -0.423 e. The van der Waals surface area contributed by atoms with Crippen LogP contribution in [0.25, 0.3) is 21.9 Å². The lowest BCUT2D eigenvalue weighted by atomic mass is 10.1. The minimum atomic E-state index is -4.10. The first kappa shape index (κ1) is 25.1. The third kappa shape index (κ3) is 4.64. The van der Waals surface area contributed by atoms with Crippen LogP contribution < -0.4 is 14.9 Å². The number of sulfonamides is 1. The summed E-state index contributed by atoms with van der Waals surface area (Å²) in [5.41, 5.74) is 3.08. The Morgan fingerprint density at radius 2 is 1.62 bits per heavy atom. The van der Waals surface area contributed by atoms with Gasteiger partial charge in [0.2, 0.25) is 0 Å². The summed E-state index contributed by atoms with van der Waals surface area (Å²) < 4.78 is 36.2. The molecule has 0 radical (unpaired) electrons. The molecule has 0 spiro atoms. The maximum atomic E-state index is 14.4. The Kier molecular flexibility index (Phi) is 6.54. The number of nitrogens with zero attached hydrogens (tertiary/aromatic N) is 2. The van der Waals surface area contributed by atoms with E-state index in [-0.39, 0.29) is 22.9 Å². The molecule has 2 heterocycles. The van der Waals surface area contributed by atoms with Crippen LogP contribution >= 0.6 is 0 Å². The molecule has 0 aliphatic carbocycles. The number of hydrogen-bond donors (Lipinski definition) is 2. The molecule has 0 atom stereocenters. The number of rotatable bonds is 6. The number of piperidine rings is 1. The number of para-hydroxylation sites is 2. The van der Waals surface area contributed by atoms with Crippen molar-refractivity contribution in [3.63, 3.8) is 0 Å². The Balaban J connectivity index is 1.45. The van der Waals surface area contributed by atoms with Crippen LogP contribution in [0.4, 0.5) is 11.7 Å². The van der Waals surface area contributed by atoms with Crippen molar-refractivity contribution in [2.45, 2.75) is 30.7 Å². The van der Waals surface area contributed by atoms with E-state index in [0.717, 1.165) is 5.56 Å². The quantitative estimate of drug-likeness (QED) is 0.295. The van der Waals surface area contributed by atoms with Crippen LogP contribution in [-0.4, -0.2) is 38.4 Å². The van der Waals surface area contributed by atoms with E-state index in [9.17, 15) is 13.2 Å². The van der Waals surface area contributed by atoms with Gasteiger partial charge in [-0.1, -0.05) is 54.6 Å². The van der Waals surface area contributed by atoms with Crippen LogP contribution in [0.5, 0.6) is 0 Å². The number of anilines is 2. The third-order valence-electron chi connectivity index (χ3n) is 7.17. The number of benzene rings is 4. The molecule has 1 fully saturated rings. The summed E-state index contributed by atoms with van der Waals surface area (Å²) in [6, 6.07) is 24.7. The number of amides is 1. The Morgan fingerprint density at radius 1 is 0.923 bits per heavy atom. The summed E-state index contributed by atoms with van der Waals surface area (Å²) in [6.45, 7) is 3.27. The molecule has 1 saturated heterocycles. The fraction of sp³-hybridized carbons (Fsp3) is 0.200. The molecule has 1 aliphatic heterocycles. The van der Waals surface area contributed by atoms with Crippen molar-refractivity contribution in [1.29, 1.82) is 0 Å². The molecule has 0 unspecified atom stereocenters. The highest BCUT2D eigenvalue weighted by atomic mass is 32.2. The summed E-state index contributed by atoms with van der Waals surface area (Å²) in [5.74, 6) is -0.253. The number of aromatic nitrogens is 1. The highest BCUT2D eigenvalue weighted by Crippen LogP contribution is 2.36. The molecule has 6 rings (SSSR count). The van der Waals surface area contributed by atoms with E-state index < -0.39 is 10.0 Å². The van der Waals surface area contributed by atoms with Crippen LogP contribution in [0, 0.1) is 6.92 Å². The average Bonchev–Trinajstić information content (AvgIpc) is 3.37. The van der Waals surface area contributed by atoms with Gasteiger partial charge in [-0.2, -0.15) is 4.98 Å². The van der Waals surface area contributed by atoms with E-state index in [1.54, 1.807) is 42.5 Å². The number of fused-ring (bicyclic) bond motifs is 2. The molecule has 39 heavy (non-hydrogen) atoms. The number of aryl methyl sites for hydroxylation is 1. The predicted molar refractivity (Wildman–Crippen MR) is 153 cm³/mol. The molecule has 8 nitrogen and oxygen atoms in total. The van der Waals surface area contributed by atoms with Crippen molar-refractivity contribution < 1.29 is 17.6 Å². The molecule has 0 saturated carbocycles. The van der Waals surface area contributed by atoms with Gasteiger partial charge in [-0.05, 0) is 68.8 Å². The summed E-state index contributed by atoms with van der Waals surface area (Å²) >= 11 is 0. The first-order chi connectivity index (χ1) is 18.9. The summed E-state index contributed by atoms with van der Waals surface area (Å²) in [5, 5.41) is 7.41. The van der Waals surface area contributed by atoms with Crippen LogP contribution in [-0.2, 0) is 10.0 Å². The lowest BCUT2D eigenvalue weighted by molar-refractivity contribution is 0.102. The monoisotopic (exact) mass is 540 g/mol. The second-order valence-corrected chi connectivity index (χ2v) is 11.5. The van der Waals surface area contributed by atoms with Crippen LogP contribution in [0.1, 0.15) is 28.8 Å². The molecule has 2 N–H and O–H groups in total. The largest absolute Gasteiger partial charge is 0.423 e. The molecule has 9 heteroatoms. The number of oxazole rings is 1. The van der Waals surface area contributed by atoms with Crippen molar-refractivity contribution in [1.82, 2.24) is 10.3 Å². The number of carbonyl (C=O) groups is 1. The topological polar surface area (TPSA) is 105 Å². The van der Waals surface area contributed by atoms with Gasteiger partial charge in [0.15, 0.2) is 5.58 Å². The smallest absolute Gasteiger partial charge is 0.312 e. The van der Waals surface area contributed by atoms with Crippen molar-refractivity contribution in [2.24, 2.45) is 0 Å². The molecular formula is C30H28N4O4S. The first-order valence-corrected chi connectivity index (χ1v) is 14.4. The fourth-order valence-corrected chi connectivity index (χ4v) is 6.97. The maximum Gasteiger partial charge on any atom is 0.312 e. The predicted octanol–water partition coefficient (Wildman–Crippen LogP) is 5.49. The van der Waals surface area contributed by atoms with E-state index in [4.69, 9.17) is 4.42 Å². The zero-order valence-corrected chi connectivity index (χ0v) is 22.2. The van der Waals surface area contributed by atoms with E-state index in [1.807, 2.05) is 49.4 Å². The highest BCUT2D eigenvalue weighted by molar-refractivity contribution is 7.93. The number of hydrogen-bond acceptors (Lipinski definition) is 6. The molecule has 4 aromatic carbocycles. The lowest BCUT2D eigenvalue weighted by Gasteiger charge is -2.33. The Labute approximate surface area is 226 Å². The number of carbonyl (C=O) groups excluding carboxylic acids is 1. The summed E-state index contributed by atoms with van der Waals surface area (Å²) in [6.07, 6.45) is 1.25. The van der Waals surface area contributed by atoms with Crippen LogP contribution in [0.3, 0.4) is 0 Å². The standard InChI is InChI=1S/C30H28N4O4S/c1-20-8-2-3-9-22(20)29(35)32-25-14-15-28(24-11-5-4-10-23(24)25)39(36,37)34(21-16-18-31-19-17-21)30-33-26-12-6-7-13-27(26)38-30/h2-15,21,31H,16-19H2,1H3,(H,32,35). The lowest BCUT2D eigenvalue weighted by Crippen LogP contribution is -2.46. The van der Waals surface area contributed by atoms with Gasteiger partial charge in [0.05, 0.1) is 10.9 Å². The molecule has 1 aliphatic rings. The van der Waals surface area contributed by atoms with E-state index in [1.165, 1.54) is 4.31 Å². The average molecular weight is 541 g/mol. The van der Waals surface area contributed by atoms with Crippen LogP contribution in [0.2, 0.25) is 0 Å². The SMILES string of the molecule is Cc1ccccc1C(=O)Nc1ccc(S(=O)(=O)N(c2nc3ccccc3o2)C2CCNCC2)c2ccccc12. The Hall–Kier alpha value is -4.21. The summed E-state index contributed by atoms with van der Waals surface area (Å²) in [4.78, 5) is 17.8. The van der Waals surface area contributed by atoms with Gasteiger partial charge in [0.25, 0.3) is 15.9 Å². The van der Waals surface area contributed by atoms with Gasteiger partial charge in [0, 0.05) is 22.0 Å². The van der Waals surface area contributed by atoms with Crippen molar-refractivity contribution >= 4 is 49.5 Å². The zero-order chi connectivity index (χ0) is 27.0. The van der Waals surface area contributed by atoms with E-state index in [0.29, 0.717) is 59.1 Å². The van der Waals surface area contributed by atoms with Crippen molar-refractivity contribution in [2.75, 3.05) is 22.7 Å². The minimum absolute atomic E-state index is 0.0594. The molecule has 198 valence electrons. The normalized spacial score (nSPS) is 14.5. The Morgan fingerprint density at radius 3 is 2.38 bits per heavy atom. The highest BCUT2D eigenvalue weighted by Gasteiger charge is 2.37. The second-order valence-electron chi connectivity index (χ2n) is 9.67. The Bertz CT molecular complexity index is 1760. The first-order valence-electron chi connectivity index (χ1n) is 12.9. The molecule has 5 aromatic rings. The maximum absolute atomic E-state index is 14.4. The van der Waals surface area contributed by atoms with Crippen molar-refractivity contribution in [3.05, 3.63) is 96.1 Å². The zero-order valence-electron chi connectivity index (χ0n) is 21.4. The van der Waals surface area contributed by atoms with Gasteiger partial charge < -0.3 is 15.1 Å². The molecular weight excluding hydrogens is 512 g/mol.